The summed E-state index contributed by atoms with van der Waals surface area (Å²) in [5.41, 5.74) is 0.823. The van der Waals surface area contributed by atoms with Crippen molar-refractivity contribution in [2.24, 2.45) is 5.92 Å². The van der Waals surface area contributed by atoms with Gasteiger partial charge in [0.1, 0.15) is 5.82 Å². The van der Waals surface area contributed by atoms with Crippen LogP contribution in [0.5, 0.6) is 0 Å². The van der Waals surface area contributed by atoms with Gasteiger partial charge in [0.15, 0.2) is 5.60 Å². The summed E-state index contributed by atoms with van der Waals surface area (Å²) in [7, 11) is 0. The van der Waals surface area contributed by atoms with Gasteiger partial charge < -0.3 is 10.8 Å². The minimum atomic E-state index is -5.01. The molecule has 0 aliphatic rings. The Balaban J connectivity index is 3.68. The summed E-state index contributed by atoms with van der Waals surface area (Å²) < 4.78 is 52.7. The van der Waals surface area contributed by atoms with Gasteiger partial charge in [-0.15, -0.1) is 6.42 Å². The van der Waals surface area contributed by atoms with Gasteiger partial charge >= 0.3 is 6.18 Å². The number of terminal acetylenes is 1. The van der Waals surface area contributed by atoms with Gasteiger partial charge in [-0.1, -0.05) is 19.8 Å². The largest absolute Gasteiger partial charge is 0.421 e. The molecule has 0 aliphatic carbocycles. The van der Waals surface area contributed by atoms with Crippen molar-refractivity contribution in [2.45, 2.75) is 25.6 Å². The number of nitrogen functional groups attached to an aromatic ring is 1. The van der Waals surface area contributed by atoms with Crippen molar-refractivity contribution in [3.05, 3.63) is 29.1 Å². The summed E-state index contributed by atoms with van der Waals surface area (Å²) >= 11 is 0. The lowest BCUT2D eigenvalue weighted by Crippen LogP contribution is -2.47. The Morgan fingerprint density at radius 1 is 1.32 bits per heavy atom. The number of anilines is 1. The van der Waals surface area contributed by atoms with Crippen LogP contribution in [0.4, 0.5) is 23.2 Å². The van der Waals surface area contributed by atoms with E-state index in [0.717, 1.165) is 19.9 Å². The van der Waals surface area contributed by atoms with E-state index < -0.39 is 34.8 Å². The third-order valence-electron chi connectivity index (χ3n) is 2.98. The quantitative estimate of drug-likeness (QED) is 0.495. The normalized spacial score (nSPS) is 15.1. The Hall–Kier alpha value is -1.74. The van der Waals surface area contributed by atoms with Gasteiger partial charge in [-0.3, -0.25) is 0 Å². The first-order valence-electron chi connectivity index (χ1n) is 5.40. The van der Waals surface area contributed by atoms with E-state index in [4.69, 9.17) is 12.2 Å². The number of hydrogen-bond donors (Lipinski definition) is 2. The van der Waals surface area contributed by atoms with Crippen LogP contribution in [0.15, 0.2) is 12.1 Å². The third kappa shape index (κ3) is 2.38. The standard InChI is InChI=1S/C13H13F4NO/c1-4-8-5-9(14)6-10(11(8)18)12(19,7(2)3)13(15,16)17/h1,5-7,19H,18H2,2-3H3. The number of rotatable bonds is 2. The van der Waals surface area contributed by atoms with Crippen LogP contribution in [0.25, 0.3) is 0 Å². The van der Waals surface area contributed by atoms with Crippen molar-refractivity contribution in [2.75, 3.05) is 5.73 Å². The Labute approximate surface area is 108 Å². The molecule has 0 radical (unpaired) electrons. The predicted octanol–water partition coefficient (Wildman–Crippen LogP) is 2.80. The van der Waals surface area contributed by atoms with E-state index in [0.29, 0.717) is 6.07 Å². The fourth-order valence-corrected chi connectivity index (χ4v) is 1.84. The zero-order chi connectivity index (χ0) is 15.0. The highest BCUT2D eigenvalue weighted by atomic mass is 19.4. The Morgan fingerprint density at radius 2 is 1.84 bits per heavy atom. The smallest absolute Gasteiger partial charge is 0.397 e. The minimum absolute atomic E-state index is 0.224. The summed E-state index contributed by atoms with van der Waals surface area (Å²) in [6, 6.07) is 1.40. The van der Waals surface area contributed by atoms with Gasteiger partial charge in [-0.05, 0) is 18.1 Å². The molecule has 0 aliphatic heterocycles. The van der Waals surface area contributed by atoms with Crippen LogP contribution >= 0.6 is 0 Å². The summed E-state index contributed by atoms with van der Waals surface area (Å²) in [5.74, 6) is -0.252. The first kappa shape index (κ1) is 15.3. The molecule has 0 amide bonds. The summed E-state index contributed by atoms with van der Waals surface area (Å²) in [5, 5.41) is 9.98. The van der Waals surface area contributed by atoms with Crippen molar-refractivity contribution >= 4 is 5.69 Å². The van der Waals surface area contributed by atoms with E-state index in [1.165, 1.54) is 0 Å². The molecule has 3 N–H and O–H groups in total. The second-order valence-corrected chi connectivity index (χ2v) is 4.48. The van der Waals surface area contributed by atoms with Crippen LogP contribution < -0.4 is 5.73 Å². The fraction of sp³-hybridized carbons (Fsp3) is 0.385. The van der Waals surface area contributed by atoms with Crippen molar-refractivity contribution in [3.63, 3.8) is 0 Å². The van der Waals surface area contributed by atoms with Crippen LogP contribution in [0.1, 0.15) is 25.0 Å². The van der Waals surface area contributed by atoms with E-state index in [9.17, 15) is 22.7 Å². The van der Waals surface area contributed by atoms with E-state index in [2.05, 4.69) is 0 Å². The zero-order valence-electron chi connectivity index (χ0n) is 10.3. The Morgan fingerprint density at radius 3 is 2.21 bits per heavy atom. The van der Waals surface area contributed by atoms with Crippen LogP contribution in [-0.2, 0) is 5.60 Å². The molecule has 1 aromatic carbocycles. The molecule has 0 fully saturated rings. The Kier molecular flexibility index (Phi) is 3.82. The molecular formula is C13H13F4NO. The molecule has 0 bridgehead atoms. The maximum Gasteiger partial charge on any atom is 0.421 e. The monoisotopic (exact) mass is 275 g/mol. The Bertz CT molecular complexity index is 531. The van der Waals surface area contributed by atoms with Crippen LogP contribution in [0.3, 0.4) is 0 Å². The molecule has 0 spiro atoms. The maximum absolute atomic E-state index is 13.3. The average molecular weight is 275 g/mol. The van der Waals surface area contributed by atoms with Gasteiger partial charge in [-0.2, -0.15) is 13.2 Å². The average Bonchev–Trinajstić information content (AvgIpc) is 2.28. The van der Waals surface area contributed by atoms with Crippen molar-refractivity contribution in [3.8, 4) is 12.3 Å². The number of aliphatic hydroxyl groups is 1. The van der Waals surface area contributed by atoms with Crippen molar-refractivity contribution < 1.29 is 22.7 Å². The molecule has 0 saturated heterocycles. The first-order valence-corrected chi connectivity index (χ1v) is 5.40. The number of benzene rings is 1. The highest BCUT2D eigenvalue weighted by molar-refractivity contribution is 5.62. The van der Waals surface area contributed by atoms with Crippen LogP contribution in [-0.4, -0.2) is 11.3 Å². The highest BCUT2D eigenvalue weighted by Gasteiger charge is 2.58. The summed E-state index contributed by atoms with van der Waals surface area (Å²) in [6.45, 7) is 2.32. The van der Waals surface area contributed by atoms with Gasteiger partial charge in [0, 0.05) is 5.56 Å². The molecule has 19 heavy (non-hydrogen) atoms. The fourth-order valence-electron chi connectivity index (χ4n) is 1.84. The molecule has 1 aromatic rings. The van der Waals surface area contributed by atoms with E-state index in [1.807, 2.05) is 5.92 Å². The minimum Gasteiger partial charge on any atom is -0.397 e. The van der Waals surface area contributed by atoms with Crippen LogP contribution in [0.2, 0.25) is 0 Å². The molecule has 1 unspecified atom stereocenters. The molecule has 2 nitrogen and oxygen atoms in total. The van der Waals surface area contributed by atoms with Gasteiger partial charge in [0.2, 0.25) is 0 Å². The van der Waals surface area contributed by atoms with Crippen molar-refractivity contribution in [1.82, 2.24) is 0 Å². The van der Waals surface area contributed by atoms with Gasteiger partial charge in [-0.25, -0.2) is 4.39 Å². The van der Waals surface area contributed by atoms with Crippen molar-refractivity contribution in [1.29, 1.82) is 0 Å². The second kappa shape index (κ2) is 4.74. The maximum atomic E-state index is 13.3. The van der Waals surface area contributed by atoms with Crippen LogP contribution in [0, 0.1) is 24.1 Å². The lowest BCUT2D eigenvalue weighted by atomic mass is 9.81. The van der Waals surface area contributed by atoms with Gasteiger partial charge in [0.25, 0.3) is 0 Å². The molecule has 1 atom stereocenters. The SMILES string of the molecule is C#Cc1cc(F)cc(C(O)(C(C)C)C(F)(F)F)c1N. The highest BCUT2D eigenvalue weighted by Crippen LogP contribution is 2.46. The first-order chi connectivity index (χ1) is 8.55. The van der Waals surface area contributed by atoms with E-state index in [1.54, 1.807) is 0 Å². The third-order valence-corrected chi connectivity index (χ3v) is 2.98. The predicted molar refractivity (Wildman–Crippen MR) is 63.5 cm³/mol. The number of nitrogens with two attached hydrogens (primary N) is 1. The van der Waals surface area contributed by atoms with E-state index in [-0.39, 0.29) is 5.56 Å². The molecule has 104 valence electrons. The lowest BCUT2D eigenvalue weighted by Gasteiger charge is -2.35. The molecule has 0 heterocycles. The molecule has 0 aromatic heterocycles. The van der Waals surface area contributed by atoms with Gasteiger partial charge in [0.05, 0.1) is 11.3 Å². The topological polar surface area (TPSA) is 46.2 Å². The molecule has 0 saturated carbocycles. The molecular weight excluding hydrogens is 262 g/mol. The number of hydrogen-bond acceptors (Lipinski definition) is 2. The van der Waals surface area contributed by atoms with E-state index >= 15 is 0 Å². The second-order valence-electron chi connectivity index (χ2n) is 4.48. The summed E-state index contributed by atoms with van der Waals surface area (Å²) in [6.07, 6.45) is 0.0523. The molecule has 6 heteroatoms. The molecule has 1 rings (SSSR count). The number of halogens is 4. The summed E-state index contributed by atoms with van der Waals surface area (Å²) in [4.78, 5) is 0. The zero-order valence-corrected chi connectivity index (χ0v) is 10.3. The lowest BCUT2D eigenvalue weighted by molar-refractivity contribution is -0.282. The number of alkyl halides is 3.